The molecule has 0 spiro atoms. The normalized spacial score (nSPS) is 21.4. The fourth-order valence-electron chi connectivity index (χ4n) is 4.14. The number of ether oxygens (including phenoxy) is 1. The molecule has 0 aromatic carbocycles. The summed E-state index contributed by atoms with van der Waals surface area (Å²) in [5.41, 5.74) is -0.208. The molecule has 0 radical (unpaired) electrons. The molecule has 2 aliphatic rings. The number of aromatic nitrogens is 2. The molecule has 2 aliphatic heterocycles. The summed E-state index contributed by atoms with van der Waals surface area (Å²) in [6.07, 6.45) is -2.24. The summed E-state index contributed by atoms with van der Waals surface area (Å²) < 4.78 is 52.0. The molecule has 0 unspecified atom stereocenters. The van der Waals surface area contributed by atoms with Crippen molar-refractivity contribution in [2.24, 2.45) is 0 Å². The van der Waals surface area contributed by atoms with Crippen LogP contribution in [0.3, 0.4) is 0 Å². The maximum atomic E-state index is 13.8. The van der Waals surface area contributed by atoms with Crippen LogP contribution in [-0.2, 0) is 15.7 Å². The first-order chi connectivity index (χ1) is 13.8. The van der Waals surface area contributed by atoms with Crippen molar-refractivity contribution in [3.8, 4) is 0 Å². The van der Waals surface area contributed by atoms with Gasteiger partial charge in [0.05, 0.1) is 16.6 Å². The van der Waals surface area contributed by atoms with Gasteiger partial charge in [0.15, 0.2) is 0 Å². The van der Waals surface area contributed by atoms with E-state index in [4.69, 9.17) is 9.26 Å². The van der Waals surface area contributed by atoms with E-state index in [0.29, 0.717) is 43.9 Å². The van der Waals surface area contributed by atoms with Gasteiger partial charge in [0.1, 0.15) is 6.10 Å². The second-order valence-electron chi connectivity index (χ2n) is 8.10. The Kier molecular flexibility index (Phi) is 5.27. The Morgan fingerprint density at radius 3 is 2.55 bits per heavy atom. The minimum Gasteiger partial charge on any atom is -0.368 e. The highest BCUT2D eigenvalue weighted by Gasteiger charge is 2.39. The highest BCUT2D eigenvalue weighted by atomic mass is 19.4. The van der Waals surface area contributed by atoms with Gasteiger partial charge in [0, 0.05) is 31.3 Å². The van der Waals surface area contributed by atoms with Crippen LogP contribution in [0.4, 0.5) is 13.2 Å². The van der Waals surface area contributed by atoms with Crippen molar-refractivity contribution >= 4 is 17.0 Å². The third kappa shape index (κ3) is 3.84. The molecule has 0 saturated carbocycles. The molecule has 6 nitrogen and oxygen atoms in total. The molecule has 29 heavy (non-hydrogen) atoms. The molecular weight excluding hydrogens is 387 g/mol. The van der Waals surface area contributed by atoms with E-state index in [-0.39, 0.29) is 34.9 Å². The summed E-state index contributed by atoms with van der Waals surface area (Å²) >= 11 is 0. The first kappa shape index (κ1) is 20.1. The number of nitrogens with zero attached hydrogens (tertiary/aromatic N) is 3. The van der Waals surface area contributed by atoms with E-state index in [0.717, 1.165) is 18.9 Å². The van der Waals surface area contributed by atoms with E-state index in [2.05, 4.69) is 10.1 Å². The number of likely N-dealkylation sites (tertiary alicyclic amines) is 1. The predicted octanol–water partition coefficient (Wildman–Crippen LogP) is 4.25. The lowest BCUT2D eigenvalue weighted by Crippen LogP contribution is -2.43. The second kappa shape index (κ2) is 7.59. The zero-order valence-corrected chi connectivity index (χ0v) is 16.5. The summed E-state index contributed by atoms with van der Waals surface area (Å²) in [6, 6.07) is 1.10. The van der Waals surface area contributed by atoms with E-state index < -0.39 is 11.7 Å². The zero-order valence-electron chi connectivity index (χ0n) is 16.5. The number of carbonyl (C=O) groups is 1. The maximum Gasteiger partial charge on any atom is 0.417 e. The number of amides is 1. The summed E-state index contributed by atoms with van der Waals surface area (Å²) in [5, 5.41) is 3.93. The summed E-state index contributed by atoms with van der Waals surface area (Å²) in [4.78, 5) is 18.5. The zero-order chi connectivity index (χ0) is 20.8. The molecule has 158 valence electrons. The first-order valence-corrected chi connectivity index (χ1v) is 10.0. The topological polar surface area (TPSA) is 68.5 Å². The number of rotatable bonds is 3. The molecule has 4 rings (SSSR count). The third-order valence-corrected chi connectivity index (χ3v) is 5.79. The molecule has 9 heteroatoms. The maximum absolute atomic E-state index is 13.8. The van der Waals surface area contributed by atoms with Crippen molar-refractivity contribution in [2.45, 2.75) is 63.6 Å². The van der Waals surface area contributed by atoms with Gasteiger partial charge < -0.3 is 14.2 Å². The standard InChI is InChI=1S/C20H24F3N3O3/c1-11(2)14-10-13(20(21,22)23)16-17(25-29-18(16)24-14)12-5-7-26(8-6-12)19(27)15-4-3-9-28-15/h10-12,15H,3-9H2,1-2H3/t15-/m0/s1. The van der Waals surface area contributed by atoms with Crippen LogP contribution in [0, 0.1) is 0 Å². The average molecular weight is 411 g/mol. The van der Waals surface area contributed by atoms with Crippen molar-refractivity contribution in [1.82, 2.24) is 15.0 Å². The van der Waals surface area contributed by atoms with Gasteiger partial charge in [-0.15, -0.1) is 0 Å². The van der Waals surface area contributed by atoms with Crippen LogP contribution in [0.1, 0.15) is 68.3 Å². The second-order valence-corrected chi connectivity index (χ2v) is 8.10. The van der Waals surface area contributed by atoms with Gasteiger partial charge in [-0.25, -0.2) is 4.98 Å². The molecular formula is C20H24F3N3O3. The Labute approximate surface area is 166 Å². The Morgan fingerprint density at radius 1 is 1.24 bits per heavy atom. The molecule has 0 aliphatic carbocycles. The lowest BCUT2D eigenvalue weighted by Gasteiger charge is -2.32. The van der Waals surface area contributed by atoms with Crippen molar-refractivity contribution in [3.63, 3.8) is 0 Å². The summed E-state index contributed by atoms with van der Waals surface area (Å²) in [6.45, 7) is 5.11. The molecule has 1 amide bonds. The van der Waals surface area contributed by atoms with Crippen molar-refractivity contribution in [3.05, 3.63) is 23.0 Å². The van der Waals surface area contributed by atoms with Crippen LogP contribution in [-0.4, -0.2) is 46.7 Å². The fourth-order valence-corrected chi connectivity index (χ4v) is 4.14. The van der Waals surface area contributed by atoms with Crippen LogP contribution >= 0.6 is 0 Å². The van der Waals surface area contributed by atoms with Gasteiger partial charge >= 0.3 is 6.18 Å². The van der Waals surface area contributed by atoms with Crippen LogP contribution in [0.15, 0.2) is 10.6 Å². The Bertz CT molecular complexity index is 895. The fraction of sp³-hybridized carbons (Fsp3) is 0.650. The van der Waals surface area contributed by atoms with Crippen LogP contribution in [0.5, 0.6) is 0 Å². The number of fused-ring (bicyclic) bond motifs is 1. The van der Waals surface area contributed by atoms with Gasteiger partial charge in [-0.1, -0.05) is 19.0 Å². The number of piperidine rings is 1. The van der Waals surface area contributed by atoms with E-state index >= 15 is 0 Å². The minimum absolute atomic E-state index is 0.0230. The Hall–Kier alpha value is -2.16. The number of halogens is 3. The first-order valence-electron chi connectivity index (χ1n) is 10.0. The van der Waals surface area contributed by atoms with Gasteiger partial charge in [0.25, 0.3) is 11.6 Å². The molecule has 0 N–H and O–H groups in total. The number of alkyl halides is 3. The minimum atomic E-state index is -4.53. The molecule has 2 aromatic rings. The van der Waals surface area contributed by atoms with Gasteiger partial charge in [-0.2, -0.15) is 13.2 Å². The Balaban J connectivity index is 1.59. The SMILES string of the molecule is CC(C)c1cc(C(F)(F)F)c2c(C3CCN(C(=O)[C@@H]4CCCO4)CC3)noc2n1. The molecule has 0 bridgehead atoms. The van der Waals surface area contributed by atoms with Gasteiger partial charge in [-0.05, 0) is 37.7 Å². The largest absolute Gasteiger partial charge is 0.417 e. The van der Waals surface area contributed by atoms with Crippen LogP contribution in [0.2, 0.25) is 0 Å². The van der Waals surface area contributed by atoms with Crippen molar-refractivity contribution in [2.75, 3.05) is 19.7 Å². The molecule has 2 saturated heterocycles. The highest BCUT2D eigenvalue weighted by Crippen LogP contribution is 2.41. The summed E-state index contributed by atoms with van der Waals surface area (Å²) in [7, 11) is 0. The lowest BCUT2D eigenvalue weighted by atomic mass is 9.90. The number of hydrogen-bond donors (Lipinski definition) is 0. The predicted molar refractivity (Wildman–Crippen MR) is 98.4 cm³/mol. The number of carbonyl (C=O) groups excluding carboxylic acids is 1. The van der Waals surface area contributed by atoms with Crippen molar-refractivity contribution < 1.29 is 27.2 Å². The number of pyridine rings is 1. The molecule has 4 heterocycles. The van der Waals surface area contributed by atoms with Crippen molar-refractivity contribution in [1.29, 1.82) is 0 Å². The lowest BCUT2D eigenvalue weighted by molar-refractivity contribution is -0.142. The van der Waals surface area contributed by atoms with Crippen LogP contribution in [0.25, 0.3) is 11.1 Å². The summed E-state index contributed by atoms with van der Waals surface area (Å²) in [5.74, 6) is -0.399. The molecule has 1 atom stereocenters. The van der Waals surface area contributed by atoms with E-state index in [1.54, 1.807) is 18.7 Å². The monoisotopic (exact) mass is 411 g/mol. The Morgan fingerprint density at radius 2 is 1.97 bits per heavy atom. The third-order valence-electron chi connectivity index (χ3n) is 5.79. The van der Waals surface area contributed by atoms with Crippen LogP contribution < -0.4 is 0 Å². The van der Waals surface area contributed by atoms with E-state index in [1.165, 1.54) is 0 Å². The van der Waals surface area contributed by atoms with E-state index in [9.17, 15) is 18.0 Å². The average Bonchev–Trinajstić information content (AvgIpc) is 3.36. The highest BCUT2D eigenvalue weighted by molar-refractivity contribution is 5.82. The molecule has 2 fully saturated rings. The number of hydrogen-bond acceptors (Lipinski definition) is 5. The van der Waals surface area contributed by atoms with Gasteiger partial charge in [-0.3, -0.25) is 4.79 Å². The quantitative estimate of drug-likeness (QED) is 0.755. The van der Waals surface area contributed by atoms with Gasteiger partial charge in [0.2, 0.25) is 0 Å². The van der Waals surface area contributed by atoms with E-state index in [1.807, 2.05) is 0 Å². The molecule has 2 aromatic heterocycles. The smallest absolute Gasteiger partial charge is 0.368 e.